The van der Waals surface area contributed by atoms with Crippen LogP contribution in [0, 0.1) is 17.8 Å². The van der Waals surface area contributed by atoms with Crippen molar-refractivity contribution in [2.45, 2.75) is 146 Å². The summed E-state index contributed by atoms with van der Waals surface area (Å²) in [6.45, 7) is 13.3. The van der Waals surface area contributed by atoms with E-state index in [1.807, 2.05) is 25.9 Å². The molecule has 296 valence electrons. The van der Waals surface area contributed by atoms with Gasteiger partial charge in [0.25, 0.3) is 0 Å². The van der Waals surface area contributed by atoms with E-state index in [0.29, 0.717) is 6.42 Å². The number of carbonyl (C=O) groups excluding carboxylic acids is 3. The van der Waals surface area contributed by atoms with Crippen molar-refractivity contribution >= 4 is 29.6 Å². The molecule has 2 aliphatic heterocycles. The van der Waals surface area contributed by atoms with E-state index < -0.39 is 89.7 Å². The third kappa shape index (κ3) is 10.6. The van der Waals surface area contributed by atoms with Gasteiger partial charge in [-0.1, -0.05) is 20.8 Å². The number of amides is 1. The van der Waals surface area contributed by atoms with Crippen LogP contribution in [0.1, 0.15) is 74.7 Å². The van der Waals surface area contributed by atoms with Crippen molar-refractivity contribution in [3.63, 3.8) is 0 Å². The van der Waals surface area contributed by atoms with Gasteiger partial charge >= 0.3 is 11.9 Å². The summed E-state index contributed by atoms with van der Waals surface area (Å²) < 4.78 is 31.1. The topological polar surface area (TPSA) is 186 Å². The molecule has 14 atom stereocenters. The molecule has 0 bridgehead atoms. The van der Waals surface area contributed by atoms with Crippen LogP contribution in [-0.2, 0) is 38.1 Å². The Hall–Kier alpha value is -2.37. The number of aliphatic hydroxyl groups is 3. The van der Waals surface area contributed by atoms with Gasteiger partial charge in [0.05, 0.1) is 41.5 Å². The zero-order chi connectivity index (χ0) is 39.1. The molecule has 0 saturated carbocycles. The van der Waals surface area contributed by atoms with E-state index in [-0.39, 0.29) is 30.7 Å². The van der Waals surface area contributed by atoms with E-state index in [1.165, 1.54) is 32.7 Å². The van der Waals surface area contributed by atoms with Crippen LogP contribution in [0.2, 0.25) is 0 Å². The number of thioether (sulfide) groups is 1. The minimum Gasteiger partial charge on any atom is -0.460 e. The number of hydrogen-bond acceptors (Lipinski definition) is 14. The number of esters is 2. The van der Waals surface area contributed by atoms with Crippen molar-refractivity contribution in [3.8, 4) is 0 Å². The van der Waals surface area contributed by atoms with Crippen LogP contribution in [-0.4, -0.2) is 136 Å². The lowest BCUT2D eigenvalue weighted by Gasteiger charge is -2.48. The summed E-state index contributed by atoms with van der Waals surface area (Å²) in [6.07, 6.45) is -3.37. The Balaban J connectivity index is 2.15. The first kappa shape index (κ1) is 44.0. The number of ether oxygens (including phenoxy) is 5. The molecular formula is C37H61N3O11S. The van der Waals surface area contributed by atoms with Gasteiger partial charge in [-0.05, 0) is 80.1 Å². The second kappa shape index (κ2) is 18.8. The SMILES string of the molecule is CC[C@H]1OC(=O)[C@H](C)[C@@H](OC(=O)CSc2ccncc2)[C@H](C)[C@@H](O[C@@H]2O[C@H](C)C[C@H](N(C)C)[C@H]2O)[C@](C)(OC)C[C@@H](C)NC(=O)[C@H](C)[C@@H](O)[C@]1(C)O. The molecule has 1 amide bonds. The lowest BCUT2D eigenvalue weighted by molar-refractivity contribution is -0.301. The Morgan fingerprint density at radius 1 is 1.10 bits per heavy atom. The number of nitrogens with zero attached hydrogens (tertiary/aromatic N) is 2. The van der Waals surface area contributed by atoms with Gasteiger partial charge in [0.15, 0.2) is 6.29 Å². The highest BCUT2D eigenvalue weighted by molar-refractivity contribution is 8.00. The maximum atomic E-state index is 14.0. The number of pyridine rings is 1. The molecule has 2 aliphatic rings. The number of likely N-dealkylation sites (N-methyl/N-ethyl adjacent to an activating group) is 1. The fourth-order valence-corrected chi connectivity index (χ4v) is 8.08. The summed E-state index contributed by atoms with van der Waals surface area (Å²) in [5.41, 5.74) is -3.24. The van der Waals surface area contributed by atoms with Crippen LogP contribution in [0.5, 0.6) is 0 Å². The summed E-state index contributed by atoms with van der Waals surface area (Å²) >= 11 is 1.25. The highest BCUT2D eigenvalue weighted by Crippen LogP contribution is 2.38. The van der Waals surface area contributed by atoms with Crippen molar-refractivity contribution in [2.75, 3.05) is 27.0 Å². The smallest absolute Gasteiger partial charge is 0.316 e. The number of aliphatic hydroxyl groups excluding tert-OH is 2. The van der Waals surface area contributed by atoms with Crippen LogP contribution in [0.15, 0.2) is 29.4 Å². The Bertz CT molecular complexity index is 1320. The predicted octanol–water partition coefficient (Wildman–Crippen LogP) is 2.55. The van der Waals surface area contributed by atoms with Crippen LogP contribution in [0.4, 0.5) is 0 Å². The molecule has 0 unspecified atom stereocenters. The second-order valence-electron chi connectivity index (χ2n) is 15.1. The number of carbonyl (C=O) groups is 3. The van der Waals surface area contributed by atoms with E-state index in [0.717, 1.165) is 4.90 Å². The molecule has 14 nitrogen and oxygen atoms in total. The van der Waals surface area contributed by atoms with Gasteiger partial charge in [-0.25, -0.2) is 0 Å². The van der Waals surface area contributed by atoms with Gasteiger partial charge in [-0.15, -0.1) is 11.8 Å². The van der Waals surface area contributed by atoms with Gasteiger partial charge < -0.3 is 49.2 Å². The summed E-state index contributed by atoms with van der Waals surface area (Å²) in [5, 5.41) is 37.2. The molecule has 4 N–H and O–H groups in total. The first-order valence-corrected chi connectivity index (χ1v) is 19.1. The first-order valence-electron chi connectivity index (χ1n) is 18.1. The summed E-state index contributed by atoms with van der Waals surface area (Å²) in [4.78, 5) is 47.8. The Morgan fingerprint density at radius 2 is 1.73 bits per heavy atom. The van der Waals surface area contributed by atoms with E-state index in [4.69, 9.17) is 23.7 Å². The minimum atomic E-state index is -2.01. The van der Waals surface area contributed by atoms with E-state index >= 15 is 0 Å². The van der Waals surface area contributed by atoms with Gasteiger partial charge in [-0.3, -0.25) is 19.4 Å². The second-order valence-corrected chi connectivity index (χ2v) is 16.2. The molecule has 2 fully saturated rings. The quantitative estimate of drug-likeness (QED) is 0.213. The number of nitrogens with one attached hydrogen (secondary N) is 1. The van der Waals surface area contributed by atoms with E-state index in [1.54, 1.807) is 59.1 Å². The Morgan fingerprint density at radius 3 is 2.31 bits per heavy atom. The van der Waals surface area contributed by atoms with Crippen LogP contribution >= 0.6 is 11.8 Å². The van der Waals surface area contributed by atoms with Crippen LogP contribution in [0.3, 0.4) is 0 Å². The fraction of sp³-hybridized carbons (Fsp3) is 0.784. The summed E-state index contributed by atoms with van der Waals surface area (Å²) in [6, 6.07) is 2.68. The molecule has 3 rings (SSSR count). The Labute approximate surface area is 312 Å². The number of aromatic nitrogens is 1. The average Bonchev–Trinajstić information content (AvgIpc) is 3.10. The van der Waals surface area contributed by atoms with Gasteiger partial charge in [0.2, 0.25) is 5.91 Å². The predicted molar refractivity (Wildman–Crippen MR) is 194 cm³/mol. The van der Waals surface area contributed by atoms with Gasteiger partial charge in [-0.2, -0.15) is 0 Å². The normalized spacial score (nSPS) is 39.9. The first-order chi connectivity index (χ1) is 24.3. The number of methoxy groups -OCH3 is 1. The summed E-state index contributed by atoms with van der Waals surface area (Å²) in [5.74, 6) is -4.99. The molecule has 0 spiro atoms. The lowest BCUT2D eigenvalue weighted by atomic mass is 9.78. The standard InChI is InChI=1S/C37H61N3O11S/c1-12-27-37(8,46)31(43)24(6)33(44)39-20(2)18-36(7,47-11)32(51-35-29(42)26(40(9)10)17-21(3)48-35)22(4)30(23(5)34(45)49-27)50-28(41)19-52-25-13-15-38-16-14-25/h13-16,20-24,26-27,29-32,35,42-43,46H,12,17-19H2,1-11H3,(H,39,44)/t20-,21-,22+,23-,24-,26+,27-,29-,30+,31-,32-,35+,36-,37-/m1/s1. The third-order valence-electron chi connectivity index (χ3n) is 10.6. The van der Waals surface area contributed by atoms with Crippen molar-refractivity contribution in [1.29, 1.82) is 0 Å². The molecular weight excluding hydrogens is 694 g/mol. The number of cyclic esters (lactones) is 1. The molecule has 15 heteroatoms. The molecule has 2 saturated heterocycles. The van der Waals surface area contributed by atoms with Crippen molar-refractivity contribution in [3.05, 3.63) is 24.5 Å². The van der Waals surface area contributed by atoms with Crippen LogP contribution in [0.25, 0.3) is 0 Å². The van der Waals surface area contributed by atoms with E-state index in [2.05, 4.69) is 10.3 Å². The average molecular weight is 756 g/mol. The maximum absolute atomic E-state index is 14.0. The van der Waals surface area contributed by atoms with Crippen LogP contribution < -0.4 is 5.32 Å². The largest absolute Gasteiger partial charge is 0.460 e. The maximum Gasteiger partial charge on any atom is 0.316 e. The van der Waals surface area contributed by atoms with Gasteiger partial charge in [0.1, 0.15) is 23.9 Å². The molecule has 0 radical (unpaired) electrons. The monoisotopic (exact) mass is 755 g/mol. The lowest BCUT2D eigenvalue weighted by Crippen LogP contribution is -2.60. The highest BCUT2D eigenvalue weighted by Gasteiger charge is 2.52. The fourth-order valence-electron chi connectivity index (χ4n) is 7.41. The Kier molecular flexibility index (Phi) is 15.9. The zero-order valence-electron chi connectivity index (χ0n) is 32.5. The van der Waals surface area contributed by atoms with Gasteiger partial charge in [0, 0.05) is 42.4 Å². The van der Waals surface area contributed by atoms with E-state index in [9.17, 15) is 29.7 Å². The highest BCUT2D eigenvalue weighted by atomic mass is 32.2. The van der Waals surface area contributed by atoms with Crippen molar-refractivity contribution in [2.24, 2.45) is 17.8 Å². The number of hydrogen-bond donors (Lipinski definition) is 4. The minimum absolute atomic E-state index is 0.0754. The van der Waals surface area contributed by atoms with Crippen molar-refractivity contribution < 1.29 is 53.4 Å². The zero-order valence-corrected chi connectivity index (χ0v) is 33.3. The third-order valence-corrected chi connectivity index (χ3v) is 11.6. The molecule has 1 aromatic rings. The molecule has 52 heavy (non-hydrogen) atoms. The molecule has 0 aliphatic carbocycles. The number of rotatable bonds is 9. The molecule has 1 aromatic heterocycles. The molecule has 0 aromatic carbocycles. The molecule has 3 heterocycles. The van der Waals surface area contributed by atoms with Crippen molar-refractivity contribution in [1.82, 2.24) is 15.2 Å². The summed E-state index contributed by atoms with van der Waals surface area (Å²) in [7, 11) is 5.23.